The van der Waals surface area contributed by atoms with Gasteiger partial charge in [-0.1, -0.05) is 18.6 Å². The number of allylic oxidation sites excluding steroid dienone is 2. The van der Waals surface area contributed by atoms with E-state index in [0.29, 0.717) is 0 Å². The molecule has 3 aliphatic rings. The van der Waals surface area contributed by atoms with E-state index >= 15 is 0 Å². The average molecular weight is 313 g/mol. The molecule has 122 valence electrons. The Morgan fingerprint density at radius 3 is 2.70 bits per heavy atom. The van der Waals surface area contributed by atoms with Gasteiger partial charge in [0, 0.05) is 30.5 Å². The molecule has 1 unspecified atom stereocenters. The summed E-state index contributed by atoms with van der Waals surface area (Å²) in [7, 11) is 0. The number of ether oxygens (including phenoxy) is 2. The van der Waals surface area contributed by atoms with E-state index in [0.717, 1.165) is 62.1 Å². The fourth-order valence-corrected chi connectivity index (χ4v) is 3.74. The van der Waals surface area contributed by atoms with Crippen LogP contribution in [0.25, 0.3) is 0 Å². The molecule has 1 aliphatic heterocycles. The van der Waals surface area contributed by atoms with E-state index in [9.17, 15) is 4.79 Å². The Morgan fingerprint density at radius 1 is 1.09 bits per heavy atom. The summed E-state index contributed by atoms with van der Waals surface area (Å²) in [6, 6.07) is 5.71. The van der Waals surface area contributed by atoms with E-state index in [1.807, 2.05) is 18.2 Å². The van der Waals surface area contributed by atoms with E-state index in [2.05, 4.69) is 17.5 Å². The number of fused-ring (bicyclic) bond motifs is 1. The van der Waals surface area contributed by atoms with Crippen molar-refractivity contribution in [1.82, 2.24) is 0 Å². The first kappa shape index (κ1) is 14.6. The second-order valence-electron chi connectivity index (χ2n) is 6.81. The number of benzene rings is 1. The van der Waals surface area contributed by atoms with Crippen LogP contribution in [0.2, 0.25) is 0 Å². The van der Waals surface area contributed by atoms with Gasteiger partial charge < -0.3 is 14.8 Å². The second-order valence-corrected chi connectivity index (χ2v) is 6.81. The number of rotatable bonds is 2. The van der Waals surface area contributed by atoms with Gasteiger partial charge in [-0.05, 0) is 44.2 Å². The lowest BCUT2D eigenvalue weighted by molar-refractivity contribution is -0.120. The molecule has 4 heteroatoms. The fraction of sp³-hybridized carbons (Fsp3) is 0.526. The van der Waals surface area contributed by atoms with Gasteiger partial charge in [0.25, 0.3) is 5.79 Å². The van der Waals surface area contributed by atoms with Crippen LogP contribution in [0.3, 0.4) is 0 Å². The maximum Gasteiger partial charge on any atom is 0.251 e. The molecule has 0 radical (unpaired) electrons. The summed E-state index contributed by atoms with van der Waals surface area (Å²) >= 11 is 0. The minimum absolute atomic E-state index is 0.0788. The third kappa shape index (κ3) is 2.94. The molecule has 1 saturated carbocycles. The van der Waals surface area contributed by atoms with E-state index < -0.39 is 5.79 Å². The van der Waals surface area contributed by atoms with Crippen molar-refractivity contribution in [3.05, 3.63) is 30.4 Å². The third-order valence-electron chi connectivity index (χ3n) is 5.06. The highest BCUT2D eigenvalue weighted by molar-refractivity contribution is 5.93. The summed E-state index contributed by atoms with van der Waals surface area (Å²) < 4.78 is 12.2. The maximum atomic E-state index is 12.3. The van der Waals surface area contributed by atoms with Crippen molar-refractivity contribution in [2.45, 2.75) is 57.2 Å². The zero-order valence-corrected chi connectivity index (χ0v) is 13.3. The summed E-state index contributed by atoms with van der Waals surface area (Å²) in [5, 5.41) is 3.02. The third-order valence-corrected chi connectivity index (χ3v) is 5.06. The molecule has 1 aromatic carbocycles. The van der Waals surface area contributed by atoms with Crippen molar-refractivity contribution in [3.8, 4) is 11.5 Å². The number of carbonyl (C=O) groups excluding carboxylic acids is 1. The van der Waals surface area contributed by atoms with Crippen molar-refractivity contribution in [2.75, 3.05) is 5.32 Å². The lowest BCUT2D eigenvalue weighted by Gasteiger charge is -2.31. The molecule has 4 rings (SSSR count). The molecular formula is C19H23NO3. The highest BCUT2D eigenvalue weighted by Gasteiger charge is 2.42. The average Bonchev–Trinajstić information content (AvgIpc) is 2.93. The molecule has 0 saturated heterocycles. The fourth-order valence-electron chi connectivity index (χ4n) is 3.74. The van der Waals surface area contributed by atoms with Crippen LogP contribution in [0.5, 0.6) is 11.5 Å². The van der Waals surface area contributed by atoms with Crippen LogP contribution in [-0.2, 0) is 4.79 Å². The van der Waals surface area contributed by atoms with Gasteiger partial charge in [-0.3, -0.25) is 4.79 Å². The quantitative estimate of drug-likeness (QED) is 0.823. The molecule has 1 aromatic rings. The molecule has 0 bridgehead atoms. The Kier molecular flexibility index (Phi) is 3.76. The zero-order valence-electron chi connectivity index (χ0n) is 13.3. The standard InChI is InChI=1S/C19H23NO3/c21-18(14-7-3-1-4-8-14)20-15-9-10-16-17(13-15)23-19(22-16)11-5-2-6-12-19/h1,3,9-10,13-14H,2,4-8,11-12H2,(H,20,21). The molecule has 4 nitrogen and oxygen atoms in total. The van der Waals surface area contributed by atoms with E-state index in [-0.39, 0.29) is 11.8 Å². The van der Waals surface area contributed by atoms with Gasteiger partial charge >= 0.3 is 0 Å². The number of hydrogen-bond acceptors (Lipinski definition) is 3. The van der Waals surface area contributed by atoms with Crippen LogP contribution >= 0.6 is 0 Å². The van der Waals surface area contributed by atoms with Crippen LogP contribution < -0.4 is 14.8 Å². The van der Waals surface area contributed by atoms with Crippen LogP contribution in [0.4, 0.5) is 5.69 Å². The summed E-state index contributed by atoms with van der Waals surface area (Å²) in [4.78, 5) is 12.3. The van der Waals surface area contributed by atoms with Crippen molar-refractivity contribution >= 4 is 11.6 Å². The smallest absolute Gasteiger partial charge is 0.251 e. The Morgan fingerprint density at radius 2 is 1.91 bits per heavy atom. The number of anilines is 1. The number of amides is 1. The van der Waals surface area contributed by atoms with E-state index in [4.69, 9.17) is 9.47 Å². The minimum Gasteiger partial charge on any atom is -0.448 e. The molecule has 2 aliphatic carbocycles. The zero-order chi connectivity index (χ0) is 15.7. The molecular weight excluding hydrogens is 290 g/mol. The summed E-state index contributed by atoms with van der Waals surface area (Å²) in [6.07, 6.45) is 12.4. The maximum absolute atomic E-state index is 12.3. The van der Waals surface area contributed by atoms with Gasteiger partial charge in [-0.2, -0.15) is 0 Å². The van der Waals surface area contributed by atoms with Gasteiger partial charge in [0.1, 0.15) is 0 Å². The van der Waals surface area contributed by atoms with Gasteiger partial charge in [-0.25, -0.2) is 0 Å². The normalized spacial score (nSPS) is 24.6. The van der Waals surface area contributed by atoms with Gasteiger partial charge in [0.05, 0.1) is 0 Å². The van der Waals surface area contributed by atoms with Crippen molar-refractivity contribution in [3.63, 3.8) is 0 Å². The van der Waals surface area contributed by atoms with Gasteiger partial charge in [-0.15, -0.1) is 0 Å². The Labute approximate surface area is 136 Å². The summed E-state index contributed by atoms with van der Waals surface area (Å²) in [5.74, 6) is 1.27. The first-order chi connectivity index (χ1) is 11.2. The van der Waals surface area contributed by atoms with Crippen LogP contribution in [0, 0.1) is 5.92 Å². The highest BCUT2D eigenvalue weighted by atomic mass is 16.7. The van der Waals surface area contributed by atoms with Crippen molar-refractivity contribution in [1.29, 1.82) is 0 Å². The lowest BCUT2D eigenvalue weighted by atomic mass is 9.93. The molecule has 1 heterocycles. The monoisotopic (exact) mass is 313 g/mol. The molecule has 1 N–H and O–H groups in total. The number of carbonyl (C=O) groups is 1. The van der Waals surface area contributed by atoms with Crippen LogP contribution in [0.15, 0.2) is 30.4 Å². The van der Waals surface area contributed by atoms with Crippen LogP contribution in [0.1, 0.15) is 51.4 Å². The van der Waals surface area contributed by atoms with E-state index in [1.54, 1.807) is 0 Å². The first-order valence-corrected chi connectivity index (χ1v) is 8.72. The van der Waals surface area contributed by atoms with Crippen LogP contribution in [-0.4, -0.2) is 11.7 Å². The lowest BCUT2D eigenvalue weighted by Crippen LogP contribution is -2.40. The van der Waals surface area contributed by atoms with Crippen molar-refractivity contribution < 1.29 is 14.3 Å². The topological polar surface area (TPSA) is 47.6 Å². The number of nitrogens with one attached hydrogen (secondary N) is 1. The molecule has 1 fully saturated rings. The largest absolute Gasteiger partial charge is 0.448 e. The first-order valence-electron chi connectivity index (χ1n) is 8.72. The highest BCUT2D eigenvalue weighted by Crippen LogP contribution is 2.46. The molecule has 1 atom stereocenters. The molecule has 23 heavy (non-hydrogen) atoms. The van der Waals surface area contributed by atoms with Gasteiger partial charge in [0.15, 0.2) is 11.5 Å². The molecule has 1 spiro atoms. The predicted octanol–water partition coefficient (Wildman–Crippen LogP) is 4.41. The summed E-state index contributed by atoms with van der Waals surface area (Å²) in [6.45, 7) is 0. The summed E-state index contributed by atoms with van der Waals surface area (Å²) in [5.41, 5.74) is 0.791. The molecule has 0 aromatic heterocycles. The molecule has 1 amide bonds. The SMILES string of the molecule is O=C(Nc1ccc2c(c1)OC1(CCCCC1)O2)C1CC=CCC1. The predicted molar refractivity (Wildman–Crippen MR) is 88.6 cm³/mol. The Bertz CT molecular complexity index is 632. The second kappa shape index (κ2) is 5.91. The van der Waals surface area contributed by atoms with E-state index in [1.165, 1.54) is 6.42 Å². The minimum atomic E-state index is -0.461. The number of hydrogen-bond donors (Lipinski definition) is 1. The Balaban J connectivity index is 1.45. The van der Waals surface area contributed by atoms with Gasteiger partial charge in [0.2, 0.25) is 5.91 Å². The van der Waals surface area contributed by atoms with Crippen molar-refractivity contribution in [2.24, 2.45) is 5.92 Å². The Hall–Kier alpha value is -1.97.